The van der Waals surface area contributed by atoms with E-state index in [9.17, 15) is 0 Å². The monoisotopic (exact) mass is 294 g/mol. The number of ether oxygens (including phenoxy) is 2. The van der Waals surface area contributed by atoms with Gasteiger partial charge in [-0.2, -0.15) is 0 Å². The summed E-state index contributed by atoms with van der Waals surface area (Å²) in [4.78, 5) is 0. The molecule has 5 heteroatoms. The minimum absolute atomic E-state index is 0.590. The van der Waals surface area contributed by atoms with Crippen molar-refractivity contribution < 1.29 is 9.47 Å². The van der Waals surface area contributed by atoms with Crippen LogP contribution in [0.2, 0.25) is 0 Å². The minimum Gasteiger partial charge on any atom is -0.486 e. The average Bonchev–Trinajstić information content (AvgIpc) is 2.45. The Morgan fingerprint density at radius 3 is 2.70 bits per heavy atom. The maximum absolute atomic E-state index is 5.57. The molecule has 1 aromatic rings. The van der Waals surface area contributed by atoms with Crippen LogP contribution in [-0.4, -0.2) is 31.4 Å². The van der Waals surface area contributed by atoms with Crippen LogP contribution in [-0.2, 0) is 6.42 Å². The average molecular weight is 294 g/mol. The van der Waals surface area contributed by atoms with Gasteiger partial charge in [0.05, 0.1) is 0 Å². The number of fused-ring (bicyclic) bond motifs is 1. The summed E-state index contributed by atoms with van der Waals surface area (Å²) >= 11 is 5.22. The molecule has 1 aliphatic heterocycles. The molecule has 0 aromatic heterocycles. The summed E-state index contributed by atoms with van der Waals surface area (Å²) in [6.45, 7) is 7.27. The van der Waals surface area contributed by atoms with Gasteiger partial charge in [-0.1, -0.05) is 19.9 Å². The highest BCUT2D eigenvalue weighted by Gasteiger charge is 2.11. The van der Waals surface area contributed by atoms with E-state index in [4.69, 9.17) is 21.7 Å². The highest BCUT2D eigenvalue weighted by molar-refractivity contribution is 7.80. The molecule has 110 valence electrons. The van der Waals surface area contributed by atoms with Gasteiger partial charge < -0.3 is 20.1 Å². The van der Waals surface area contributed by atoms with Crippen LogP contribution in [0.1, 0.15) is 19.4 Å². The van der Waals surface area contributed by atoms with Gasteiger partial charge in [-0.3, -0.25) is 0 Å². The summed E-state index contributed by atoms with van der Waals surface area (Å²) in [6.07, 6.45) is 0.903. The summed E-state index contributed by atoms with van der Waals surface area (Å²) < 4.78 is 11.1. The molecule has 1 aliphatic rings. The van der Waals surface area contributed by atoms with Gasteiger partial charge in [0.25, 0.3) is 0 Å². The molecule has 20 heavy (non-hydrogen) atoms. The second kappa shape index (κ2) is 7.33. The van der Waals surface area contributed by atoms with Gasteiger partial charge in [0.2, 0.25) is 0 Å². The van der Waals surface area contributed by atoms with Gasteiger partial charge in [-0.15, -0.1) is 0 Å². The molecular weight excluding hydrogens is 272 g/mol. The minimum atomic E-state index is 0.590. The van der Waals surface area contributed by atoms with Crippen molar-refractivity contribution in [1.82, 2.24) is 10.6 Å². The van der Waals surface area contributed by atoms with E-state index in [1.54, 1.807) is 0 Å². The largest absolute Gasteiger partial charge is 0.486 e. The lowest BCUT2D eigenvalue weighted by atomic mass is 10.1. The second-order valence-corrected chi connectivity index (χ2v) is 5.67. The topological polar surface area (TPSA) is 42.5 Å². The predicted molar refractivity (Wildman–Crippen MR) is 84.6 cm³/mol. The third-order valence-corrected chi connectivity index (χ3v) is 3.27. The lowest BCUT2D eigenvalue weighted by Crippen LogP contribution is -2.38. The molecule has 0 spiro atoms. The zero-order valence-electron chi connectivity index (χ0n) is 12.1. The Morgan fingerprint density at radius 2 is 1.95 bits per heavy atom. The molecule has 2 N–H and O–H groups in total. The Morgan fingerprint density at radius 1 is 1.20 bits per heavy atom. The molecule has 0 saturated carbocycles. The standard InChI is InChI=1S/C15H22N2O2S/c1-11(2)10-17-15(20)16-6-5-12-3-4-13-14(9-12)19-8-7-18-13/h3-4,9,11H,5-8,10H2,1-2H3,(H2,16,17,20). The van der Waals surface area contributed by atoms with Crippen LogP contribution in [0.15, 0.2) is 18.2 Å². The smallest absolute Gasteiger partial charge is 0.166 e. The van der Waals surface area contributed by atoms with Gasteiger partial charge in [-0.05, 0) is 42.3 Å². The number of nitrogens with one attached hydrogen (secondary N) is 2. The number of rotatable bonds is 5. The zero-order valence-corrected chi connectivity index (χ0v) is 12.9. The third kappa shape index (κ3) is 4.56. The molecule has 0 bridgehead atoms. The van der Waals surface area contributed by atoms with E-state index in [1.807, 2.05) is 12.1 Å². The third-order valence-electron chi connectivity index (χ3n) is 2.98. The zero-order chi connectivity index (χ0) is 14.4. The second-order valence-electron chi connectivity index (χ2n) is 5.26. The van der Waals surface area contributed by atoms with Gasteiger partial charge in [-0.25, -0.2) is 0 Å². The Balaban J connectivity index is 1.75. The maximum Gasteiger partial charge on any atom is 0.166 e. The van der Waals surface area contributed by atoms with Crippen LogP contribution in [0.5, 0.6) is 11.5 Å². The van der Waals surface area contributed by atoms with E-state index in [2.05, 4.69) is 30.5 Å². The van der Waals surface area contributed by atoms with Crippen molar-refractivity contribution >= 4 is 17.3 Å². The molecule has 0 saturated heterocycles. The first-order valence-electron chi connectivity index (χ1n) is 7.05. The van der Waals surface area contributed by atoms with Crippen LogP contribution in [0, 0.1) is 5.92 Å². The van der Waals surface area contributed by atoms with Crippen LogP contribution in [0.25, 0.3) is 0 Å². The highest BCUT2D eigenvalue weighted by Crippen LogP contribution is 2.30. The number of benzene rings is 1. The van der Waals surface area contributed by atoms with Gasteiger partial charge in [0.15, 0.2) is 16.6 Å². The van der Waals surface area contributed by atoms with Crippen molar-refractivity contribution in [1.29, 1.82) is 0 Å². The highest BCUT2D eigenvalue weighted by atomic mass is 32.1. The van der Waals surface area contributed by atoms with Gasteiger partial charge in [0.1, 0.15) is 13.2 Å². The number of thiocarbonyl (C=S) groups is 1. The normalized spacial score (nSPS) is 13.2. The Bertz CT molecular complexity index is 463. The number of hydrogen-bond acceptors (Lipinski definition) is 3. The van der Waals surface area contributed by atoms with E-state index in [0.29, 0.717) is 19.1 Å². The molecule has 0 unspecified atom stereocenters. The summed E-state index contributed by atoms with van der Waals surface area (Å²) in [5.74, 6) is 2.27. The lowest BCUT2D eigenvalue weighted by molar-refractivity contribution is 0.171. The Hall–Kier alpha value is -1.49. The fourth-order valence-electron chi connectivity index (χ4n) is 1.92. The summed E-state index contributed by atoms with van der Waals surface area (Å²) in [5, 5.41) is 7.13. The fraction of sp³-hybridized carbons (Fsp3) is 0.533. The number of hydrogen-bond donors (Lipinski definition) is 2. The molecule has 1 aromatic carbocycles. The molecule has 0 atom stereocenters. The van der Waals surface area contributed by atoms with Crippen molar-refractivity contribution in [3.63, 3.8) is 0 Å². The van der Waals surface area contributed by atoms with E-state index in [0.717, 1.165) is 36.1 Å². The fourth-order valence-corrected chi connectivity index (χ4v) is 2.11. The van der Waals surface area contributed by atoms with Crippen LogP contribution >= 0.6 is 12.2 Å². The molecule has 0 fully saturated rings. The predicted octanol–water partition coefficient (Wildman–Crippen LogP) is 2.12. The van der Waals surface area contributed by atoms with Crippen molar-refractivity contribution in [2.75, 3.05) is 26.3 Å². The SMILES string of the molecule is CC(C)CNC(=S)NCCc1ccc2c(c1)OCCO2. The van der Waals surface area contributed by atoms with Crippen molar-refractivity contribution in [2.24, 2.45) is 5.92 Å². The first-order chi connectivity index (χ1) is 9.65. The van der Waals surface area contributed by atoms with Crippen LogP contribution in [0.3, 0.4) is 0 Å². The Labute approximate surface area is 125 Å². The van der Waals surface area contributed by atoms with E-state index >= 15 is 0 Å². The summed E-state index contributed by atoms with van der Waals surface area (Å²) in [5.41, 5.74) is 1.22. The first-order valence-corrected chi connectivity index (χ1v) is 7.46. The van der Waals surface area contributed by atoms with E-state index in [-0.39, 0.29) is 0 Å². The van der Waals surface area contributed by atoms with Crippen molar-refractivity contribution in [2.45, 2.75) is 20.3 Å². The van der Waals surface area contributed by atoms with Crippen molar-refractivity contribution in [3.05, 3.63) is 23.8 Å². The quantitative estimate of drug-likeness (QED) is 0.814. The molecule has 4 nitrogen and oxygen atoms in total. The maximum atomic E-state index is 5.57. The van der Waals surface area contributed by atoms with Crippen LogP contribution < -0.4 is 20.1 Å². The van der Waals surface area contributed by atoms with Gasteiger partial charge in [0, 0.05) is 13.1 Å². The summed E-state index contributed by atoms with van der Waals surface area (Å²) in [7, 11) is 0. The lowest BCUT2D eigenvalue weighted by Gasteiger charge is -2.19. The molecular formula is C15H22N2O2S. The van der Waals surface area contributed by atoms with E-state index in [1.165, 1.54) is 5.56 Å². The molecule has 2 rings (SSSR count). The summed E-state index contributed by atoms with van der Waals surface area (Å²) in [6, 6.07) is 6.08. The molecule has 0 aliphatic carbocycles. The van der Waals surface area contributed by atoms with Crippen molar-refractivity contribution in [3.8, 4) is 11.5 Å². The molecule has 0 radical (unpaired) electrons. The van der Waals surface area contributed by atoms with Gasteiger partial charge >= 0.3 is 0 Å². The molecule has 1 heterocycles. The van der Waals surface area contributed by atoms with E-state index < -0.39 is 0 Å². The van der Waals surface area contributed by atoms with Crippen LogP contribution in [0.4, 0.5) is 0 Å². The molecule has 0 amide bonds. The first kappa shape index (κ1) is 14.9. The Kier molecular flexibility index (Phi) is 5.47.